The number of hydrogen-bond donors (Lipinski definition) is 3. The summed E-state index contributed by atoms with van der Waals surface area (Å²) in [5.74, 6) is 0.716. The van der Waals surface area contributed by atoms with Gasteiger partial charge in [-0.05, 0) is 43.4 Å². The summed E-state index contributed by atoms with van der Waals surface area (Å²) in [6.45, 7) is 1.77. The van der Waals surface area contributed by atoms with Gasteiger partial charge in [-0.25, -0.2) is 0 Å². The number of rotatable bonds is 5. The molecule has 0 fully saturated rings. The van der Waals surface area contributed by atoms with Crippen LogP contribution >= 0.6 is 35.4 Å². The Morgan fingerprint density at radius 2 is 1.83 bits per heavy atom. The molecule has 0 aromatic heterocycles. The molecule has 3 rings (SSSR count). The third-order valence-electron chi connectivity index (χ3n) is 4.46. The largest absolute Gasteiger partial charge is 0.497 e. The van der Waals surface area contributed by atoms with Crippen LogP contribution < -0.4 is 25.4 Å². The van der Waals surface area contributed by atoms with E-state index in [9.17, 15) is 4.79 Å². The standard InChI is InChI=1S/C20H19Cl2N3O3S/c1-10-16(19(26)24-14-9-11(27-2)7-8-15(14)28-3)18(25-20(29)23-10)17-12(21)5-4-6-13(17)22/h4-9,18H,1-3H3,(H,24,26)(H2,23,25,29). The van der Waals surface area contributed by atoms with Crippen molar-refractivity contribution in [1.82, 2.24) is 10.6 Å². The highest BCUT2D eigenvalue weighted by Gasteiger charge is 2.33. The number of hydrogen-bond acceptors (Lipinski definition) is 4. The Labute approximate surface area is 184 Å². The van der Waals surface area contributed by atoms with E-state index in [1.807, 2.05) is 0 Å². The van der Waals surface area contributed by atoms with E-state index in [1.54, 1.807) is 50.4 Å². The molecule has 2 aromatic rings. The monoisotopic (exact) mass is 451 g/mol. The van der Waals surface area contributed by atoms with Crippen LogP contribution in [-0.2, 0) is 4.79 Å². The number of thiocarbonyl (C=S) groups is 1. The van der Waals surface area contributed by atoms with Crippen LogP contribution in [0.4, 0.5) is 5.69 Å². The molecular formula is C20H19Cl2N3O3S. The summed E-state index contributed by atoms with van der Waals surface area (Å²) >= 11 is 18.1. The highest BCUT2D eigenvalue weighted by atomic mass is 35.5. The van der Waals surface area contributed by atoms with Crippen LogP contribution in [0.15, 0.2) is 47.7 Å². The number of halogens is 2. The van der Waals surface area contributed by atoms with Crippen LogP contribution in [0, 0.1) is 0 Å². The number of nitrogens with one attached hydrogen (secondary N) is 3. The lowest BCUT2D eigenvalue weighted by Crippen LogP contribution is -2.46. The normalized spacial score (nSPS) is 16.0. The van der Waals surface area contributed by atoms with Crippen molar-refractivity contribution in [2.24, 2.45) is 0 Å². The zero-order valence-electron chi connectivity index (χ0n) is 15.9. The molecule has 1 unspecified atom stereocenters. The molecule has 1 amide bonds. The summed E-state index contributed by atoms with van der Waals surface area (Å²) in [6, 6.07) is 9.68. The lowest BCUT2D eigenvalue weighted by Gasteiger charge is -2.31. The average Bonchev–Trinajstić information content (AvgIpc) is 2.67. The van der Waals surface area contributed by atoms with Gasteiger partial charge in [0, 0.05) is 27.4 Å². The van der Waals surface area contributed by atoms with E-state index in [1.165, 1.54) is 7.11 Å². The van der Waals surface area contributed by atoms with Crippen molar-refractivity contribution in [3.05, 3.63) is 63.3 Å². The van der Waals surface area contributed by atoms with E-state index in [2.05, 4.69) is 16.0 Å². The summed E-state index contributed by atoms with van der Waals surface area (Å²) in [7, 11) is 3.07. The van der Waals surface area contributed by atoms with Gasteiger partial charge in [0.25, 0.3) is 5.91 Å². The van der Waals surface area contributed by atoms with Gasteiger partial charge in [0.2, 0.25) is 0 Å². The molecule has 0 saturated heterocycles. The molecule has 1 heterocycles. The van der Waals surface area contributed by atoms with E-state index in [4.69, 9.17) is 44.9 Å². The first-order valence-corrected chi connectivity index (χ1v) is 9.77. The molecule has 152 valence electrons. The molecule has 6 nitrogen and oxygen atoms in total. The maximum absolute atomic E-state index is 13.3. The third-order valence-corrected chi connectivity index (χ3v) is 5.34. The number of methoxy groups -OCH3 is 2. The second-order valence-electron chi connectivity index (χ2n) is 6.23. The van der Waals surface area contributed by atoms with Crippen molar-refractivity contribution >= 4 is 52.1 Å². The van der Waals surface area contributed by atoms with Gasteiger partial charge in [0.1, 0.15) is 11.5 Å². The van der Waals surface area contributed by atoms with E-state index in [0.717, 1.165) is 0 Å². The summed E-state index contributed by atoms with van der Waals surface area (Å²) in [5, 5.41) is 10.2. The first kappa shape index (κ1) is 21.2. The minimum atomic E-state index is -0.624. The number of anilines is 1. The summed E-state index contributed by atoms with van der Waals surface area (Å²) in [5.41, 5.74) is 2.03. The van der Waals surface area contributed by atoms with Gasteiger partial charge in [-0.1, -0.05) is 29.3 Å². The molecule has 0 radical (unpaired) electrons. The van der Waals surface area contributed by atoms with Crippen LogP contribution in [0.3, 0.4) is 0 Å². The van der Waals surface area contributed by atoms with Crippen LogP contribution in [0.1, 0.15) is 18.5 Å². The number of carbonyl (C=O) groups excluding carboxylic acids is 1. The van der Waals surface area contributed by atoms with Crippen molar-refractivity contribution in [2.45, 2.75) is 13.0 Å². The Bertz CT molecular complexity index is 990. The quantitative estimate of drug-likeness (QED) is 0.583. The molecule has 1 atom stereocenters. The van der Waals surface area contributed by atoms with Crippen LogP contribution in [-0.4, -0.2) is 25.2 Å². The highest BCUT2D eigenvalue weighted by Crippen LogP contribution is 2.37. The number of benzene rings is 2. The van der Waals surface area contributed by atoms with Gasteiger partial charge in [0.15, 0.2) is 5.11 Å². The zero-order valence-corrected chi connectivity index (χ0v) is 18.3. The molecular weight excluding hydrogens is 433 g/mol. The highest BCUT2D eigenvalue weighted by molar-refractivity contribution is 7.80. The van der Waals surface area contributed by atoms with Gasteiger partial charge in [-0.15, -0.1) is 0 Å². The van der Waals surface area contributed by atoms with Gasteiger partial charge < -0.3 is 25.4 Å². The van der Waals surface area contributed by atoms with Crippen LogP contribution in [0.25, 0.3) is 0 Å². The Morgan fingerprint density at radius 3 is 2.45 bits per heavy atom. The third kappa shape index (κ3) is 4.42. The molecule has 0 bridgehead atoms. The second kappa shape index (κ2) is 8.90. The predicted molar refractivity (Wildman–Crippen MR) is 119 cm³/mol. The first-order chi connectivity index (χ1) is 13.8. The Balaban J connectivity index is 2.03. The Hall–Kier alpha value is -2.48. The lowest BCUT2D eigenvalue weighted by atomic mass is 9.94. The smallest absolute Gasteiger partial charge is 0.255 e. The minimum absolute atomic E-state index is 0.363. The Morgan fingerprint density at radius 1 is 1.14 bits per heavy atom. The number of amides is 1. The maximum atomic E-state index is 13.3. The van der Waals surface area contributed by atoms with E-state index in [0.29, 0.717) is 49.2 Å². The molecule has 0 saturated carbocycles. The predicted octanol–water partition coefficient (Wildman–Crippen LogP) is 4.44. The summed E-state index contributed by atoms with van der Waals surface area (Å²) in [4.78, 5) is 13.3. The topological polar surface area (TPSA) is 71.6 Å². The minimum Gasteiger partial charge on any atom is -0.497 e. The van der Waals surface area contributed by atoms with Crippen LogP contribution in [0.5, 0.6) is 11.5 Å². The molecule has 9 heteroatoms. The summed E-state index contributed by atoms with van der Waals surface area (Å²) in [6.07, 6.45) is 0. The van der Waals surface area contributed by atoms with Gasteiger partial charge in [-0.2, -0.15) is 0 Å². The number of carbonyl (C=O) groups is 1. The molecule has 29 heavy (non-hydrogen) atoms. The van der Waals surface area contributed by atoms with Gasteiger partial charge in [-0.3, -0.25) is 4.79 Å². The number of allylic oxidation sites excluding steroid dienone is 1. The van der Waals surface area contributed by atoms with Crippen molar-refractivity contribution in [3.63, 3.8) is 0 Å². The first-order valence-electron chi connectivity index (χ1n) is 8.61. The van der Waals surface area contributed by atoms with Gasteiger partial charge in [0.05, 0.1) is 31.5 Å². The molecule has 1 aliphatic heterocycles. The SMILES string of the molecule is COc1ccc(OC)c(NC(=O)C2=C(C)NC(=S)NC2c2c(Cl)cccc2Cl)c1. The van der Waals surface area contributed by atoms with E-state index < -0.39 is 6.04 Å². The maximum Gasteiger partial charge on any atom is 0.255 e. The Kier molecular flexibility index (Phi) is 6.52. The van der Waals surface area contributed by atoms with Crippen molar-refractivity contribution in [1.29, 1.82) is 0 Å². The van der Waals surface area contributed by atoms with Crippen molar-refractivity contribution in [2.75, 3.05) is 19.5 Å². The molecule has 0 aliphatic carbocycles. The molecule has 3 N–H and O–H groups in total. The van der Waals surface area contributed by atoms with E-state index >= 15 is 0 Å². The molecule has 1 aliphatic rings. The summed E-state index contributed by atoms with van der Waals surface area (Å²) < 4.78 is 10.6. The molecule has 0 spiro atoms. The fourth-order valence-corrected chi connectivity index (χ4v) is 3.99. The van der Waals surface area contributed by atoms with Crippen molar-refractivity contribution < 1.29 is 14.3 Å². The van der Waals surface area contributed by atoms with E-state index in [-0.39, 0.29) is 5.91 Å². The average molecular weight is 452 g/mol. The fraction of sp³-hybridized carbons (Fsp3) is 0.200. The lowest BCUT2D eigenvalue weighted by molar-refractivity contribution is -0.113. The second-order valence-corrected chi connectivity index (χ2v) is 7.45. The van der Waals surface area contributed by atoms with Crippen molar-refractivity contribution in [3.8, 4) is 11.5 Å². The fourth-order valence-electron chi connectivity index (χ4n) is 3.10. The molecule has 2 aromatic carbocycles. The van der Waals surface area contributed by atoms with Crippen LogP contribution in [0.2, 0.25) is 10.0 Å². The zero-order chi connectivity index (χ0) is 21.1. The number of ether oxygens (including phenoxy) is 2. The van der Waals surface area contributed by atoms with Gasteiger partial charge >= 0.3 is 0 Å².